The fraction of sp³-hybridized carbons (Fsp3) is 0.222. The van der Waals surface area contributed by atoms with Gasteiger partial charge in [-0.05, 0) is 12.5 Å². The smallest absolute Gasteiger partial charge is 0.334 e. The van der Waals surface area contributed by atoms with Gasteiger partial charge in [-0.2, -0.15) is 0 Å². The Morgan fingerprint density at radius 1 is 1.55 bits per heavy atom. The largest absolute Gasteiger partial charge is 0.431 e. The van der Waals surface area contributed by atoms with E-state index in [-0.39, 0.29) is 0 Å². The maximum absolute atomic E-state index is 10.4. The summed E-state index contributed by atoms with van der Waals surface area (Å²) in [4.78, 5) is 10.4. The van der Waals surface area contributed by atoms with Gasteiger partial charge in [0, 0.05) is 6.08 Å². The van der Waals surface area contributed by atoms with Crippen molar-refractivity contribution in [3.63, 3.8) is 0 Å². The van der Waals surface area contributed by atoms with Crippen molar-refractivity contribution in [3.8, 4) is 0 Å². The molecule has 0 bridgehead atoms. The third kappa shape index (κ3) is 6.58. The third-order valence-electron chi connectivity index (χ3n) is 0.912. The quantitative estimate of drug-likeness (QED) is 0.267. The molecule has 0 saturated heterocycles. The number of hydrogen-bond donors (Lipinski definition) is 0. The first-order valence-electron chi connectivity index (χ1n) is 3.46. The molecule has 0 unspecified atom stereocenters. The number of rotatable bonds is 4. The lowest BCUT2D eigenvalue weighted by molar-refractivity contribution is -0.132. The molecule has 60 valence electrons. The summed E-state index contributed by atoms with van der Waals surface area (Å²) in [5.41, 5.74) is 0. The summed E-state index contributed by atoms with van der Waals surface area (Å²) >= 11 is 0. The van der Waals surface area contributed by atoms with Crippen molar-refractivity contribution in [1.82, 2.24) is 0 Å². The second-order valence-electron chi connectivity index (χ2n) is 1.81. The van der Waals surface area contributed by atoms with Gasteiger partial charge < -0.3 is 4.74 Å². The molecular weight excluding hydrogens is 140 g/mol. The lowest BCUT2D eigenvalue weighted by atomic mass is 10.4. The van der Waals surface area contributed by atoms with E-state index in [0.717, 1.165) is 12.5 Å². The maximum atomic E-state index is 10.4. The molecule has 0 fully saturated rings. The molecular formula is C9H12O2. The highest BCUT2D eigenvalue weighted by atomic mass is 16.5. The van der Waals surface area contributed by atoms with Gasteiger partial charge in [-0.25, -0.2) is 4.79 Å². The predicted molar refractivity (Wildman–Crippen MR) is 44.9 cm³/mol. The highest BCUT2D eigenvalue weighted by Crippen LogP contribution is 1.84. The molecule has 0 aliphatic carbocycles. The second-order valence-corrected chi connectivity index (χ2v) is 1.81. The van der Waals surface area contributed by atoms with Crippen LogP contribution in [0.25, 0.3) is 0 Å². The highest BCUT2D eigenvalue weighted by molar-refractivity contribution is 5.81. The fourth-order valence-electron chi connectivity index (χ4n) is 0.414. The summed E-state index contributed by atoms with van der Waals surface area (Å²) < 4.78 is 4.55. The Balaban J connectivity index is 3.52. The molecule has 0 radical (unpaired) electrons. The molecule has 0 aromatic heterocycles. The van der Waals surface area contributed by atoms with E-state index in [2.05, 4.69) is 11.3 Å². The van der Waals surface area contributed by atoms with Crippen molar-refractivity contribution in [1.29, 1.82) is 0 Å². The van der Waals surface area contributed by atoms with Crippen molar-refractivity contribution >= 4 is 5.97 Å². The molecule has 0 saturated carbocycles. The van der Waals surface area contributed by atoms with Gasteiger partial charge in [0.15, 0.2) is 0 Å². The molecule has 2 heteroatoms. The molecule has 2 nitrogen and oxygen atoms in total. The van der Waals surface area contributed by atoms with Crippen molar-refractivity contribution in [2.24, 2.45) is 0 Å². The van der Waals surface area contributed by atoms with Crippen LogP contribution in [0.4, 0.5) is 0 Å². The topological polar surface area (TPSA) is 26.3 Å². The van der Waals surface area contributed by atoms with Crippen LogP contribution in [-0.4, -0.2) is 5.97 Å². The van der Waals surface area contributed by atoms with Gasteiger partial charge in [0.05, 0.1) is 6.26 Å². The van der Waals surface area contributed by atoms with E-state index < -0.39 is 5.97 Å². The van der Waals surface area contributed by atoms with Crippen LogP contribution in [0, 0.1) is 0 Å². The van der Waals surface area contributed by atoms with E-state index in [1.807, 2.05) is 19.1 Å². The van der Waals surface area contributed by atoms with E-state index in [4.69, 9.17) is 0 Å². The normalized spacial score (nSPS) is 10.6. The lowest BCUT2D eigenvalue weighted by Crippen LogP contribution is -1.91. The van der Waals surface area contributed by atoms with Crippen LogP contribution in [0.2, 0.25) is 0 Å². The molecule has 11 heavy (non-hydrogen) atoms. The molecule has 0 aromatic carbocycles. The Morgan fingerprint density at radius 2 is 2.27 bits per heavy atom. The van der Waals surface area contributed by atoms with Crippen LogP contribution in [0.5, 0.6) is 0 Å². The average molecular weight is 152 g/mol. The minimum Gasteiger partial charge on any atom is -0.431 e. The van der Waals surface area contributed by atoms with Crippen molar-refractivity contribution in [2.75, 3.05) is 0 Å². The summed E-state index contributed by atoms with van der Waals surface area (Å²) in [7, 11) is 0. The molecule has 0 spiro atoms. The first kappa shape index (κ1) is 9.69. The Bertz CT molecular complexity index is 178. The summed E-state index contributed by atoms with van der Waals surface area (Å²) in [5, 5.41) is 0. The standard InChI is InChI=1S/C9H12O2/c1-3-5-6-7-8-11-9(10)4-2/h4-8H,2-3H2,1H3. The number of carbonyl (C=O) groups is 1. The van der Waals surface area contributed by atoms with Gasteiger partial charge in [-0.15, -0.1) is 0 Å². The van der Waals surface area contributed by atoms with Crippen LogP contribution >= 0.6 is 0 Å². The van der Waals surface area contributed by atoms with Crippen molar-refractivity contribution in [3.05, 3.63) is 37.1 Å². The molecule has 0 aliphatic rings. The number of carbonyl (C=O) groups excluding carboxylic acids is 1. The van der Waals surface area contributed by atoms with Crippen LogP contribution in [0.15, 0.2) is 37.1 Å². The molecule has 0 rings (SSSR count). The SMILES string of the molecule is C=CC(=O)OC=CC=CCC. The van der Waals surface area contributed by atoms with Gasteiger partial charge in [-0.1, -0.05) is 25.7 Å². The maximum Gasteiger partial charge on any atom is 0.334 e. The number of esters is 1. The Hall–Kier alpha value is -1.31. The first-order valence-corrected chi connectivity index (χ1v) is 3.46. The number of ether oxygens (including phenoxy) is 1. The molecule has 0 atom stereocenters. The molecule has 0 amide bonds. The summed E-state index contributed by atoms with van der Waals surface area (Å²) in [6.45, 7) is 5.28. The Morgan fingerprint density at radius 3 is 2.82 bits per heavy atom. The Labute approximate surface area is 66.9 Å². The van der Waals surface area contributed by atoms with E-state index in [1.54, 1.807) is 6.08 Å². The van der Waals surface area contributed by atoms with Gasteiger partial charge in [-0.3, -0.25) is 0 Å². The highest BCUT2D eigenvalue weighted by Gasteiger charge is 1.86. The van der Waals surface area contributed by atoms with Gasteiger partial charge in [0.2, 0.25) is 0 Å². The van der Waals surface area contributed by atoms with Gasteiger partial charge >= 0.3 is 5.97 Å². The Kier molecular flexibility index (Phi) is 5.99. The minimum atomic E-state index is -0.439. The van der Waals surface area contributed by atoms with Crippen LogP contribution in [0.1, 0.15) is 13.3 Å². The monoisotopic (exact) mass is 152 g/mol. The zero-order valence-corrected chi connectivity index (χ0v) is 6.62. The summed E-state index contributed by atoms with van der Waals surface area (Å²) in [5.74, 6) is -0.439. The van der Waals surface area contributed by atoms with E-state index >= 15 is 0 Å². The molecule has 0 heterocycles. The van der Waals surface area contributed by atoms with E-state index in [9.17, 15) is 4.79 Å². The summed E-state index contributed by atoms with van der Waals surface area (Å²) in [6, 6.07) is 0. The zero-order valence-electron chi connectivity index (χ0n) is 6.62. The minimum absolute atomic E-state index is 0.439. The fourth-order valence-corrected chi connectivity index (χ4v) is 0.414. The average Bonchev–Trinajstić information content (AvgIpc) is 2.04. The number of allylic oxidation sites excluding steroid dienone is 3. The van der Waals surface area contributed by atoms with Crippen LogP contribution < -0.4 is 0 Å². The van der Waals surface area contributed by atoms with Crippen molar-refractivity contribution in [2.45, 2.75) is 13.3 Å². The third-order valence-corrected chi connectivity index (χ3v) is 0.912. The first-order chi connectivity index (χ1) is 5.31. The summed E-state index contributed by atoms with van der Waals surface area (Å²) in [6.07, 6.45) is 8.85. The second kappa shape index (κ2) is 6.81. The van der Waals surface area contributed by atoms with Crippen molar-refractivity contribution < 1.29 is 9.53 Å². The van der Waals surface area contributed by atoms with E-state index in [0.29, 0.717) is 0 Å². The van der Waals surface area contributed by atoms with E-state index in [1.165, 1.54) is 6.26 Å². The predicted octanol–water partition coefficient (Wildman–Crippen LogP) is 2.20. The molecule has 0 N–H and O–H groups in total. The zero-order chi connectivity index (χ0) is 8.53. The van der Waals surface area contributed by atoms with Crippen LogP contribution in [0.3, 0.4) is 0 Å². The van der Waals surface area contributed by atoms with Crippen LogP contribution in [-0.2, 0) is 9.53 Å². The van der Waals surface area contributed by atoms with Gasteiger partial charge in [0.25, 0.3) is 0 Å². The number of hydrogen-bond acceptors (Lipinski definition) is 2. The lowest BCUT2D eigenvalue weighted by Gasteiger charge is -1.87. The molecule has 0 aliphatic heterocycles. The molecule has 0 aromatic rings. The van der Waals surface area contributed by atoms with Gasteiger partial charge in [0.1, 0.15) is 0 Å².